The Bertz CT molecular complexity index is 359. The molecule has 0 aliphatic carbocycles. The van der Waals surface area contributed by atoms with Gasteiger partial charge in [-0.1, -0.05) is 25.3 Å². The summed E-state index contributed by atoms with van der Waals surface area (Å²) < 4.78 is 0. The maximum absolute atomic E-state index is 12.0. The van der Waals surface area contributed by atoms with E-state index >= 15 is 0 Å². The molecule has 1 aliphatic heterocycles. The minimum absolute atomic E-state index is 0.0260. The van der Waals surface area contributed by atoms with Gasteiger partial charge in [-0.05, 0) is 31.0 Å². The van der Waals surface area contributed by atoms with Gasteiger partial charge in [0.1, 0.15) is 0 Å². The summed E-state index contributed by atoms with van der Waals surface area (Å²) in [6.45, 7) is 1.51. The van der Waals surface area contributed by atoms with Gasteiger partial charge in [-0.2, -0.15) is 0 Å². The molecule has 4 heteroatoms. The Hall–Kier alpha value is -1.42. The van der Waals surface area contributed by atoms with Crippen LogP contribution >= 0.6 is 0 Å². The predicted octanol–water partition coefficient (Wildman–Crippen LogP) is 1.62. The number of aromatic nitrogens is 1. The second kappa shape index (κ2) is 7.11. The zero-order valence-electron chi connectivity index (χ0n) is 10.7. The Morgan fingerprint density at radius 2 is 2.28 bits per heavy atom. The van der Waals surface area contributed by atoms with Crippen LogP contribution in [-0.4, -0.2) is 23.5 Å². The van der Waals surface area contributed by atoms with Crippen LogP contribution in [-0.2, 0) is 11.3 Å². The third-order valence-corrected chi connectivity index (χ3v) is 3.32. The maximum Gasteiger partial charge on any atom is 0.237 e. The van der Waals surface area contributed by atoms with E-state index in [9.17, 15) is 4.79 Å². The zero-order chi connectivity index (χ0) is 12.6. The van der Waals surface area contributed by atoms with Crippen molar-refractivity contribution >= 4 is 5.91 Å². The molecule has 1 aromatic rings. The average Bonchev–Trinajstić information content (AvgIpc) is 2.37. The van der Waals surface area contributed by atoms with Crippen LogP contribution in [0.15, 0.2) is 24.5 Å². The summed E-state index contributed by atoms with van der Waals surface area (Å²) >= 11 is 0. The fraction of sp³-hybridized carbons (Fsp3) is 0.571. The van der Waals surface area contributed by atoms with E-state index in [1.807, 2.05) is 12.1 Å². The second-order valence-electron chi connectivity index (χ2n) is 4.79. The van der Waals surface area contributed by atoms with Gasteiger partial charge in [-0.3, -0.25) is 9.78 Å². The summed E-state index contributed by atoms with van der Waals surface area (Å²) in [6.07, 6.45) is 9.29. The minimum Gasteiger partial charge on any atom is -0.351 e. The van der Waals surface area contributed by atoms with Crippen molar-refractivity contribution in [2.24, 2.45) is 0 Å². The van der Waals surface area contributed by atoms with Gasteiger partial charge in [-0.15, -0.1) is 0 Å². The number of hydrogen-bond acceptors (Lipinski definition) is 3. The van der Waals surface area contributed by atoms with Crippen molar-refractivity contribution < 1.29 is 4.79 Å². The van der Waals surface area contributed by atoms with Crippen LogP contribution in [0.4, 0.5) is 0 Å². The summed E-state index contributed by atoms with van der Waals surface area (Å²) in [4.78, 5) is 16.1. The van der Waals surface area contributed by atoms with E-state index in [1.54, 1.807) is 12.4 Å². The molecule has 4 nitrogen and oxygen atoms in total. The molecule has 0 aromatic carbocycles. The van der Waals surface area contributed by atoms with Crippen molar-refractivity contribution in [3.63, 3.8) is 0 Å². The fourth-order valence-electron chi connectivity index (χ4n) is 2.24. The molecule has 1 aromatic heterocycles. The molecule has 18 heavy (non-hydrogen) atoms. The Labute approximate surface area is 108 Å². The molecule has 0 bridgehead atoms. The lowest BCUT2D eigenvalue weighted by Crippen LogP contribution is -2.44. The summed E-state index contributed by atoms with van der Waals surface area (Å²) in [5, 5.41) is 6.31. The van der Waals surface area contributed by atoms with Crippen LogP contribution in [0.2, 0.25) is 0 Å². The lowest BCUT2D eigenvalue weighted by Gasteiger charge is -2.20. The van der Waals surface area contributed by atoms with Gasteiger partial charge in [0, 0.05) is 18.9 Å². The van der Waals surface area contributed by atoms with E-state index < -0.39 is 0 Å². The molecular weight excluding hydrogens is 226 g/mol. The molecule has 98 valence electrons. The topological polar surface area (TPSA) is 54.0 Å². The zero-order valence-corrected chi connectivity index (χ0v) is 10.7. The van der Waals surface area contributed by atoms with Crippen molar-refractivity contribution in [3.05, 3.63) is 30.1 Å². The summed E-state index contributed by atoms with van der Waals surface area (Å²) in [5.41, 5.74) is 1.04. The van der Waals surface area contributed by atoms with Gasteiger partial charge in [0.2, 0.25) is 5.91 Å². The highest BCUT2D eigenvalue weighted by atomic mass is 16.2. The highest BCUT2D eigenvalue weighted by Crippen LogP contribution is 2.09. The molecule has 2 rings (SSSR count). The fourth-order valence-corrected chi connectivity index (χ4v) is 2.24. The smallest absolute Gasteiger partial charge is 0.237 e. The first-order chi connectivity index (χ1) is 8.86. The molecule has 1 unspecified atom stereocenters. The molecule has 2 heterocycles. The number of carbonyl (C=O) groups excluding carboxylic acids is 1. The van der Waals surface area contributed by atoms with E-state index in [0.717, 1.165) is 24.9 Å². The van der Waals surface area contributed by atoms with Gasteiger partial charge in [0.25, 0.3) is 0 Å². The van der Waals surface area contributed by atoms with E-state index in [0.29, 0.717) is 6.54 Å². The average molecular weight is 247 g/mol. The van der Waals surface area contributed by atoms with Gasteiger partial charge >= 0.3 is 0 Å². The van der Waals surface area contributed by atoms with Gasteiger partial charge in [0.05, 0.1) is 6.04 Å². The van der Waals surface area contributed by atoms with E-state index in [2.05, 4.69) is 15.6 Å². The maximum atomic E-state index is 12.0. The van der Waals surface area contributed by atoms with Crippen LogP contribution in [0, 0.1) is 0 Å². The molecule has 1 aliphatic rings. The van der Waals surface area contributed by atoms with Crippen LogP contribution in [0.3, 0.4) is 0 Å². The summed E-state index contributed by atoms with van der Waals surface area (Å²) in [6, 6.07) is 3.83. The molecule has 0 spiro atoms. The Morgan fingerprint density at radius 3 is 3.11 bits per heavy atom. The molecular formula is C14H21N3O. The number of amides is 1. The normalized spacial score (nSPS) is 20.8. The number of carbonyl (C=O) groups is 1. The molecule has 0 radical (unpaired) electrons. The van der Waals surface area contributed by atoms with Gasteiger partial charge in [0.15, 0.2) is 0 Å². The van der Waals surface area contributed by atoms with Crippen LogP contribution in [0.1, 0.15) is 37.7 Å². The van der Waals surface area contributed by atoms with E-state index in [4.69, 9.17) is 0 Å². The molecule has 1 saturated heterocycles. The van der Waals surface area contributed by atoms with Crippen LogP contribution in [0.25, 0.3) is 0 Å². The molecule has 1 amide bonds. The number of pyridine rings is 1. The van der Waals surface area contributed by atoms with Crippen molar-refractivity contribution in [3.8, 4) is 0 Å². The standard InChI is InChI=1S/C14H21N3O/c18-14(13-7-3-1-2-4-9-16-13)17-11-12-6-5-8-15-10-12/h5-6,8,10,13,16H,1-4,7,9,11H2,(H,17,18). The first-order valence-electron chi connectivity index (χ1n) is 6.76. The van der Waals surface area contributed by atoms with E-state index in [-0.39, 0.29) is 11.9 Å². The Morgan fingerprint density at radius 1 is 1.39 bits per heavy atom. The predicted molar refractivity (Wildman–Crippen MR) is 71.0 cm³/mol. The first kappa shape index (κ1) is 13.0. The third kappa shape index (κ3) is 4.11. The molecule has 2 N–H and O–H groups in total. The number of hydrogen-bond donors (Lipinski definition) is 2. The van der Waals surface area contributed by atoms with Crippen LogP contribution in [0.5, 0.6) is 0 Å². The lowest BCUT2D eigenvalue weighted by atomic mass is 10.0. The number of nitrogens with zero attached hydrogens (tertiary/aromatic N) is 1. The second-order valence-corrected chi connectivity index (χ2v) is 4.79. The third-order valence-electron chi connectivity index (χ3n) is 3.32. The van der Waals surface area contributed by atoms with Crippen molar-refractivity contribution in [1.29, 1.82) is 0 Å². The SMILES string of the molecule is O=C(NCc1cccnc1)C1CCCCCCN1. The Kier molecular flexibility index (Phi) is 5.15. The first-order valence-corrected chi connectivity index (χ1v) is 6.76. The Balaban J connectivity index is 1.79. The highest BCUT2D eigenvalue weighted by Gasteiger charge is 2.18. The molecule has 0 saturated carbocycles. The number of nitrogens with one attached hydrogen (secondary N) is 2. The van der Waals surface area contributed by atoms with Crippen LogP contribution < -0.4 is 10.6 Å². The molecule has 1 atom stereocenters. The van der Waals surface area contributed by atoms with Crippen molar-refractivity contribution in [1.82, 2.24) is 15.6 Å². The van der Waals surface area contributed by atoms with Crippen molar-refractivity contribution in [2.75, 3.05) is 6.54 Å². The monoisotopic (exact) mass is 247 g/mol. The largest absolute Gasteiger partial charge is 0.351 e. The number of rotatable bonds is 3. The summed E-state index contributed by atoms with van der Waals surface area (Å²) in [7, 11) is 0. The van der Waals surface area contributed by atoms with Crippen molar-refractivity contribution in [2.45, 2.75) is 44.7 Å². The van der Waals surface area contributed by atoms with Gasteiger partial charge in [-0.25, -0.2) is 0 Å². The quantitative estimate of drug-likeness (QED) is 0.853. The molecule has 1 fully saturated rings. The lowest BCUT2D eigenvalue weighted by molar-refractivity contribution is -0.123. The summed E-state index contributed by atoms with van der Waals surface area (Å²) in [5.74, 6) is 0.112. The van der Waals surface area contributed by atoms with E-state index in [1.165, 1.54) is 19.3 Å². The minimum atomic E-state index is -0.0260. The highest BCUT2D eigenvalue weighted by molar-refractivity contribution is 5.81. The van der Waals surface area contributed by atoms with Gasteiger partial charge < -0.3 is 10.6 Å².